The topological polar surface area (TPSA) is 85.9 Å². The average molecular weight is 370 g/mol. The van der Waals surface area contributed by atoms with Crippen molar-refractivity contribution < 1.29 is 23.8 Å². The lowest BCUT2D eigenvalue weighted by atomic mass is 10.1. The molecule has 7 heteroatoms. The molecule has 1 heterocycles. The van der Waals surface area contributed by atoms with E-state index in [1.165, 1.54) is 7.11 Å². The van der Waals surface area contributed by atoms with Gasteiger partial charge >= 0.3 is 0 Å². The molecule has 0 spiro atoms. The summed E-state index contributed by atoms with van der Waals surface area (Å²) in [4.78, 5) is 24.4. The van der Waals surface area contributed by atoms with Crippen molar-refractivity contribution >= 4 is 23.2 Å². The van der Waals surface area contributed by atoms with E-state index in [1.54, 1.807) is 36.4 Å². The summed E-state index contributed by atoms with van der Waals surface area (Å²) in [6.07, 6.45) is 0. The van der Waals surface area contributed by atoms with Gasteiger partial charge in [-0.15, -0.1) is 0 Å². The summed E-state index contributed by atoms with van der Waals surface area (Å²) in [6, 6.07) is 10.1. The van der Waals surface area contributed by atoms with Crippen molar-refractivity contribution in [2.24, 2.45) is 5.92 Å². The minimum Gasteiger partial charge on any atom is -0.494 e. The van der Waals surface area contributed by atoms with Crippen LogP contribution in [0.4, 0.5) is 11.4 Å². The maximum Gasteiger partial charge on any atom is 0.255 e. The first-order valence-corrected chi connectivity index (χ1v) is 8.68. The number of methoxy groups -OCH3 is 1. The highest BCUT2D eigenvalue weighted by molar-refractivity contribution is 6.05. The second-order valence-electron chi connectivity index (χ2n) is 6.37. The molecule has 1 aliphatic heterocycles. The Morgan fingerprint density at radius 3 is 2.44 bits per heavy atom. The van der Waals surface area contributed by atoms with E-state index < -0.39 is 0 Å². The molecule has 1 aliphatic rings. The van der Waals surface area contributed by atoms with Crippen molar-refractivity contribution in [1.29, 1.82) is 0 Å². The number of rotatable bonds is 5. The Morgan fingerprint density at radius 2 is 1.74 bits per heavy atom. The van der Waals surface area contributed by atoms with Gasteiger partial charge in [0.1, 0.15) is 19.0 Å². The highest BCUT2D eigenvalue weighted by Gasteiger charge is 2.16. The SMILES string of the molecule is COc1cc(NC(=O)c2ccc3c(c2)OCCO3)ccc1NC(=O)C(C)C. The van der Waals surface area contributed by atoms with Crippen LogP contribution in [0.1, 0.15) is 24.2 Å². The van der Waals surface area contributed by atoms with Gasteiger partial charge in [-0.05, 0) is 30.3 Å². The Hall–Kier alpha value is -3.22. The Morgan fingerprint density at radius 1 is 1.00 bits per heavy atom. The number of hydrogen-bond donors (Lipinski definition) is 2. The third-order valence-electron chi connectivity index (χ3n) is 4.05. The Bertz CT molecular complexity index is 863. The predicted molar refractivity (Wildman–Crippen MR) is 102 cm³/mol. The molecule has 0 saturated heterocycles. The fraction of sp³-hybridized carbons (Fsp3) is 0.300. The lowest BCUT2D eigenvalue weighted by molar-refractivity contribution is -0.118. The van der Waals surface area contributed by atoms with E-state index in [0.29, 0.717) is 47.4 Å². The van der Waals surface area contributed by atoms with Gasteiger partial charge in [0.25, 0.3) is 5.91 Å². The molecule has 0 unspecified atom stereocenters. The number of benzene rings is 2. The summed E-state index contributed by atoms with van der Waals surface area (Å²) in [6.45, 7) is 4.57. The second kappa shape index (κ2) is 7.99. The highest BCUT2D eigenvalue weighted by atomic mass is 16.6. The molecule has 142 valence electrons. The van der Waals surface area contributed by atoms with Crippen molar-refractivity contribution in [2.45, 2.75) is 13.8 Å². The molecule has 0 fully saturated rings. The molecule has 0 aromatic heterocycles. The molecule has 0 aliphatic carbocycles. The molecule has 2 aromatic carbocycles. The largest absolute Gasteiger partial charge is 0.494 e. The van der Waals surface area contributed by atoms with Gasteiger partial charge in [0.2, 0.25) is 5.91 Å². The molecule has 27 heavy (non-hydrogen) atoms. The number of anilines is 2. The number of amides is 2. The average Bonchev–Trinajstić information content (AvgIpc) is 2.68. The first-order valence-electron chi connectivity index (χ1n) is 8.68. The molecule has 0 saturated carbocycles. The first kappa shape index (κ1) is 18.6. The summed E-state index contributed by atoms with van der Waals surface area (Å²) in [5, 5.41) is 5.62. The lowest BCUT2D eigenvalue weighted by Gasteiger charge is -2.18. The summed E-state index contributed by atoms with van der Waals surface area (Å²) >= 11 is 0. The summed E-state index contributed by atoms with van der Waals surface area (Å²) in [7, 11) is 1.51. The zero-order valence-electron chi connectivity index (χ0n) is 15.5. The number of fused-ring (bicyclic) bond motifs is 1. The molecular weight excluding hydrogens is 348 g/mol. The summed E-state index contributed by atoms with van der Waals surface area (Å²) in [5.41, 5.74) is 1.55. The van der Waals surface area contributed by atoms with E-state index in [0.717, 1.165) is 0 Å². The van der Waals surface area contributed by atoms with Gasteiger partial charge in [0, 0.05) is 23.2 Å². The van der Waals surface area contributed by atoms with Crippen LogP contribution in [0.25, 0.3) is 0 Å². The van der Waals surface area contributed by atoms with E-state index in [-0.39, 0.29) is 17.7 Å². The van der Waals surface area contributed by atoms with E-state index in [4.69, 9.17) is 14.2 Å². The molecule has 0 bridgehead atoms. The number of carbonyl (C=O) groups excluding carboxylic acids is 2. The van der Waals surface area contributed by atoms with Crippen molar-refractivity contribution in [3.8, 4) is 17.2 Å². The first-order chi connectivity index (χ1) is 13.0. The zero-order valence-corrected chi connectivity index (χ0v) is 15.5. The van der Waals surface area contributed by atoms with Crippen LogP contribution < -0.4 is 24.8 Å². The molecule has 3 rings (SSSR count). The highest BCUT2D eigenvalue weighted by Crippen LogP contribution is 2.32. The molecule has 2 N–H and O–H groups in total. The van der Waals surface area contributed by atoms with Crippen LogP contribution in [-0.2, 0) is 4.79 Å². The van der Waals surface area contributed by atoms with Gasteiger partial charge in [-0.25, -0.2) is 0 Å². The van der Waals surface area contributed by atoms with Gasteiger partial charge < -0.3 is 24.8 Å². The summed E-state index contributed by atoms with van der Waals surface area (Å²) in [5.74, 6) is 1.10. The number of hydrogen-bond acceptors (Lipinski definition) is 5. The monoisotopic (exact) mass is 370 g/mol. The lowest BCUT2D eigenvalue weighted by Crippen LogP contribution is -2.18. The Labute approximate surface area is 157 Å². The van der Waals surface area contributed by atoms with E-state index >= 15 is 0 Å². The standard InChI is InChI=1S/C20H22N2O5/c1-12(2)19(23)22-15-6-5-14(11-17(15)25-3)21-20(24)13-4-7-16-18(10-13)27-9-8-26-16/h4-7,10-12H,8-9H2,1-3H3,(H,21,24)(H,22,23). The van der Waals surface area contributed by atoms with Crippen LogP contribution in [0, 0.1) is 5.92 Å². The molecule has 0 atom stereocenters. The van der Waals surface area contributed by atoms with Crippen LogP contribution in [0.2, 0.25) is 0 Å². The van der Waals surface area contributed by atoms with Gasteiger partial charge in [-0.3, -0.25) is 9.59 Å². The Kier molecular flexibility index (Phi) is 5.49. The second-order valence-corrected chi connectivity index (χ2v) is 6.37. The van der Waals surface area contributed by atoms with Crippen molar-refractivity contribution in [2.75, 3.05) is 31.0 Å². The van der Waals surface area contributed by atoms with Gasteiger partial charge in [-0.1, -0.05) is 13.8 Å². The van der Waals surface area contributed by atoms with E-state index in [2.05, 4.69) is 10.6 Å². The van der Waals surface area contributed by atoms with Gasteiger partial charge in [-0.2, -0.15) is 0 Å². The van der Waals surface area contributed by atoms with E-state index in [1.807, 2.05) is 13.8 Å². The third-order valence-corrected chi connectivity index (χ3v) is 4.05. The Balaban J connectivity index is 1.75. The van der Waals surface area contributed by atoms with Crippen LogP contribution in [0.15, 0.2) is 36.4 Å². The van der Waals surface area contributed by atoms with Gasteiger partial charge in [0.15, 0.2) is 11.5 Å². The van der Waals surface area contributed by atoms with Crippen LogP contribution in [0.3, 0.4) is 0 Å². The molecule has 7 nitrogen and oxygen atoms in total. The number of carbonyl (C=O) groups is 2. The van der Waals surface area contributed by atoms with Crippen molar-refractivity contribution in [3.05, 3.63) is 42.0 Å². The van der Waals surface area contributed by atoms with Gasteiger partial charge in [0.05, 0.1) is 12.8 Å². The predicted octanol–water partition coefficient (Wildman–Crippen LogP) is 3.31. The third kappa shape index (κ3) is 4.31. The fourth-order valence-electron chi connectivity index (χ4n) is 2.54. The smallest absolute Gasteiger partial charge is 0.255 e. The van der Waals surface area contributed by atoms with Crippen LogP contribution in [-0.4, -0.2) is 32.1 Å². The minimum atomic E-state index is -0.284. The molecule has 0 radical (unpaired) electrons. The quantitative estimate of drug-likeness (QED) is 0.843. The molecular formula is C20H22N2O5. The number of ether oxygens (including phenoxy) is 3. The normalized spacial score (nSPS) is 12.4. The molecule has 2 amide bonds. The van der Waals surface area contributed by atoms with Crippen molar-refractivity contribution in [1.82, 2.24) is 0 Å². The van der Waals surface area contributed by atoms with E-state index in [9.17, 15) is 9.59 Å². The zero-order chi connectivity index (χ0) is 19.4. The number of nitrogens with one attached hydrogen (secondary N) is 2. The van der Waals surface area contributed by atoms with Crippen LogP contribution in [0.5, 0.6) is 17.2 Å². The fourth-order valence-corrected chi connectivity index (χ4v) is 2.54. The summed E-state index contributed by atoms with van der Waals surface area (Å²) < 4.78 is 16.3. The maximum atomic E-state index is 12.5. The van der Waals surface area contributed by atoms with Crippen molar-refractivity contribution in [3.63, 3.8) is 0 Å². The van der Waals surface area contributed by atoms with Crippen LogP contribution >= 0.6 is 0 Å². The minimum absolute atomic E-state index is 0.110. The maximum absolute atomic E-state index is 12.5. The molecule has 2 aromatic rings.